The molecule has 0 amide bonds. The maximum atomic E-state index is 5.82. The van der Waals surface area contributed by atoms with Crippen LogP contribution in [0.25, 0.3) is 0 Å². The number of benzene rings is 1. The van der Waals surface area contributed by atoms with E-state index < -0.39 is 0 Å². The van der Waals surface area contributed by atoms with Crippen molar-refractivity contribution in [3.05, 3.63) is 78.4 Å². The van der Waals surface area contributed by atoms with Crippen molar-refractivity contribution in [2.75, 3.05) is 12.0 Å². The van der Waals surface area contributed by atoms with Crippen LogP contribution in [-0.2, 0) is 0 Å². The molecule has 0 radical (unpaired) electrons. The number of anilines is 1. The number of ether oxygens (including phenoxy) is 1. The number of nitrogens with zero attached hydrogens (tertiary/aromatic N) is 3. The summed E-state index contributed by atoms with van der Waals surface area (Å²) in [6, 6.07) is 17.0. The lowest BCUT2D eigenvalue weighted by Crippen LogP contribution is -2.29. The van der Waals surface area contributed by atoms with Crippen LogP contribution in [0.4, 0.5) is 5.69 Å². The molecular weight excluding hydrogens is 404 g/mol. The highest BCUT2D eigenvalue weighted by molar-refractivity contribution is 7.80. The van der Waals surface area contributed by atoms with Crippen LogP contribution in [0.1, 0.15) is 61.5 Å². The molecule has 160 valence electrons. The first-order valence-corrected chi connectivity index (χ1v) is 11.5. The zero-order valence-corrected chi connectivity index (χ0v) is 18.6. The van der Waals surface area contributed by atoms with Crippen LogP contribution in [0.2, 0.25) is 0 Å². The van der Waals surface area contributed by atoms with Crippen molar-refractivity contribution in [2.45, 2.75) is 50.2 Å². The summed E-state index contributed by atoms with van der Waals surface area (Å²) in [4.78, 5) is 6.86. The number of rotatable bonds is 5. The lowest BCUT2D eigenvalue weighted by molar-refractivity contribution is 0.353. The van der Waals surface area contributed by atoms with E-state index >= 15 is 0 Å². The van der Waals surface area contributed by atoms with Crippen LogP contribution in [-0.4, -0.2) is 21.8 Å². The summed E-state index contributed by atoms with van der Waals surface area (Å²) in [5.41, 5.74) is 3.30. The molecule has 2 atom stereocenters. The van der Waals surface area contributed by atoms with Crippen molar-refractivity contribution in [1.82, 2.24) is 14.9 Å². The van der Waals surface area contributed by atoms with Crippen LogP contribution in [0, 0.1) is 0 Å². The van der Waals surface area contributed by atoms with E-state index in [1.54, 1.807) is 7.11 Å². The van der Waals surface area contributed by atoms with Crippen LogP contribution in [0.3, 0.4) is 0 Å². The fourth-order valence-electron chi connectivity index (χ4n) is 4.93. The highest BCUT2D eigenvalue weighted by Crippen LogP contribution is 2.42. The molecule has 1 saturated heterocycles. The summed E-state index contributed by atoms with van der Waals surface area (Å²) < 4.78 is 7.76. The van der Waals surface area contributed by atoms with Crippen LogP contribution in [0.15, 0.2) is 67.1 Å². The van der Waals surface area contributed by atoms with Gasteiger partial charge in [-0.25, -0.2) is 0 Å². The maximum Gasteiger partial charge on any atom is 0.174 e. The Bertz CT molecular complexity index is 1030. The molecule has 5 nitrogen and oxygen atoms in total. The predicted octanol–water partition coefficient (Wildman–Crippen LogP) is 5.57. The van der Waals surface area contributed by atoms with Gasteiger partial charge in [0.05, 0.1) is 24.9 Å². The van der Waals surface area contributed by atoms with Gasteiger partial charge in [-0.2, -0.15) is 0 Å². The minimum absolute atomic E-state index is 0.0157. The van der Waals surface area contributed by atoms with E-state index in [1.165, 1.54) is 37.7 Å². The van der Waals surface area contributed by atoms with E-state index in [2.05, 4.69) is 56.4 Å². The summed E-state index contributed by atoms with van der Waals surface area (Å²) in [5, 5.41) is 4.26. The molecule has 0 bridgehead atoms. The van der Waals surface area contributed by atoms with Gasteiger partial charge >= 0.3 is 0 Å². The Kier molecular flexibility index (Phi) is 5.64. The van der Waals surface area contributed by atoms with Crippen molar-refractivity contribution in [1.29, 1.82) is 0 Å². The number of methoxy groups -OCH3 is 1. The number of nitrogens with one attached hydrogen (secondary N) is 1. The largest absolute Gasteiger partial charge is 0.497 e. The molecule has 0 spiro atoms. The SMILES string of the molecule is COc1ccc(N2C(=S)N[C@H](c3ccccn3)[C@H]2c2ccn(C3CCCCC3)c2)cc1. The van der Waals surface area contributed by atoms with Crippen molar-refractivity contribution in [3.8, 4) is 5.75 Å². The van der Waals surface area contributed by atoms with Gasteiger partial charge in [-0.15, -0.1) is 0 Å². The summed E-state index contributed by atoms with van der Waals surface area (Å²) in [7, 11) is 1.69. The van der Waals surface area contributed by atoms with Gasteiger partial charge in [-0.05, 0) is 73.1 Å². The molecule has 2 aliphatic rings. The van der Waals surface area contributed by atoms with Gasteiger partial charge < -0.3 is 19.5 Å². The molecule has 2 fully saturated rings. The second-order valence-electron chi connectivity index (χ2n) is 8.38. The molecule has 2 aromatic heterocycles. The normalized spacial score (nSPS) is 21.8. The van der Waals surface area contributed by atoms with E-state index in [0.717, 1.165) is 22.2 Å². The van der Waals surface area contributed by atoms with Crippen molar-refractivity contribution >= 4 is 23.0 Å². The number of thiocarbonyl (C=S) groups is 1. The van der Waals surface area contributed by atoms with Gasteiger partial charge in [0.2, 0.25) is 0 Å². The van der Waals surface area contributed by atoms with Gasteiger partial charge in [0.15, 0.2) is 5.11 Å². The number of hydrogen-bond donors (Lipinski definition) is 1. The highest BCUT2D eigenvalue weighted by atomic mass is 32.1. The third-order valence-corrected chi connectivity index (χ3v) is 6.84. The quantitative estimate of drug-likeness (QED) is 0.534. The van der Waals surface area contributed by atoms with Gasteiger partial charge in [0, 0.05) is 30.3 Å². The molecule has 5 rings (SSSR count). The number of pyridine rings is 1. The van der Waals surface area contributed by atoms with Crippen molar-refractivity contribution in [3.63, 3.8) is 0 Å². The Morgan fingerprint density at radius 3 is 2.55 bits per heavy atom. The smallest absolute Gasteiger partial charge is 0.174 e. The molecular formula is C25H28N4OS. The standard InChI is InChI=1S/C25H28N4OS/c1-30-21-12-10-20(11-13-21)29-24(23(27-25(29)31)22-9-5-6-15-26-22)18-14-16-28(17-18)19-7-3-2-4-8-19/h5-6,9-17,19,23-24H,2-4,7-8H2,1H3,(H,27,31)/t23-,24-/m1/s1. The molecule has 6 heteroatoms. The zero-order chi connectivity index (χ0) is 21.2. The molecule has 0 unspecified atom stereocenters. The second kappa shape index (κ2) is 8.71. The van der Waals surface area contributed by atoms with Crippen LogP contribution < -0.4 is 15.0 Å². The predicted molar refractivity (Wildman–Crippen MR) is 127 cm³/mol. The molecule has 1 N–H and O–H groups in total. The molecule has 31 heavy (non-hydrogen) atoms. The first kappa shape index (κ1) is 20.1. The number of hydrogen-bond acceptors (Lipinski definition) is 3. The fourth-order valence-corrected chi connectivity index (χ4v) is 5.27. The van der Waals surface area contributed by atoms with E-state index in [9.17, 15) is 0 Å². The summed E-state index contributed by atoms with van der Waals surface area (Å²) in [6.07, 6.45) is 12.9. The lowest BCUT2D eigenvalue weighted by atomic mass is 9.95. The topological polar surface area (TPSA) is 42.3 Å². The first-order chi connectivity index (χ1) is 15.2. The van der Waals surface area contributed by atoms with Gasteiger partial charge in [0.25, 0.3) is 0 Å². The van der Waals surface area contributed by atoms with E-state index in [0.29, 0.717) is 6.04 Å². The highest BCUT2D eigenvalue weighted by Gasteiger charge is 2.41. The lowest BCUT2D eigenvalue weighted by Gasteiger charge is -2.28. The second-order valence-corrected chi connectivity index (χ2v) is 8.77. The Balaban J connectivity index is 1.53. The summed E-state index contributed by atoms with van der Waals surface area (Å²) in [5.74, 6) is 0.836. The Morgan fingerprint density at radius 1 is 1.03 bits per heavy atom. The van der Waals surface area contributed by atoms with Gasteiger partial charge in [-0.3, -0.25) is 4.98 Å². The third-order valence-electron chi connectivity index (χ3n) is 6.52. The average molecular weight is 433 g/mol. The molecule has 1 aromatic carbocycles. The molecule has 3 aromatic rings. The van der Waals surface area contributed by atoms with Crippen LogP contribution >= 0.6 is 12.2 Å². The van der Waals surface area contributed by atoms with Crippen molar-refractivity contribution < 1.29 is 4.74 Å². The Morgan fingerprint density at radius 2 is 1.84 bits per heavy atom. The zero-order valence-electron chi connectivity index (χ0n) is 17.8. The van der Waals surface area contributed by atoms with E-state index in [-0.39, 0.29) is 12.1 Å². The average Bonchev–Trinajstić information content (AvgIpc) is 3.45. The Hall–Kier alpha value is -2.86. The third kappa shape index (κ3) is 3.92. The monoisotopic (exact) mass is 432 g/mol. The summed E-state index contributed by atoms with van der Waals surface area (Å²) >= 11 is 5.82. The molecule has 1 saturated carbocycles. The van der Waals surface area contributed by atoms with Crippen molar-refractivity contribution in [2.24, 2.45) is 0 Å². The van der Waals surface area contributed by atoms with E-state index in [1.807, 2.05) is 30.5 Å². The Labute approximate surface area is 189 Å². The minimum atomic E-state index is -0.0157. The molecule has 1 aliphatic heterocycles. The number of aromatic nitrogens is 2. The maximum absolute atomic E-state index is 5.82. The van der Waals surface area contributed by atoms with Gasteiger partial charge in [0.1, 0.15) is 5.75 Å². The van der Waals surface area contributed by atoms with Crippen LogP contribution in [0.5, 0.6) is 5.75 Å². The molecule has 1 aliphatic carbocycles. The minimum Gasteiger partial charge on any atom is -0.497 e. The fraction of sp³-hybridized carbons (Fsp3) is 0.360. The van der Waals surface area contributed by atoms with Gasteiger partial charge in [-0.1, -0.05) is 25.3 Å². The first-order valence-electron chi connectivity index (χ1n) is 11.1. The summed E-state index contributed by atoms with van der Waals surface area (Å²) in [6.45, 7) is 0. The van der Waals surface area contributed by atoms with E-state index in [4.69, 9.17) is 17.0 Å². The molecule has 3 heterocycles.